The molecule has 2 aromatic heterocycles. The zero-order chi connectivity index (χ0) is 20.4. The van der Waals surface area contributed by atoms with Crippen LogP contribution < -0.4 is 5.56 Å². The molecule has 0 amide bonds. The van der Waals surface area contributed by atoms with E-state index in [1.54, 1.807) is 4.57 Å². The number of thiophene rings is 1. The highest BCUT2D eigenvalue weighted by Crippen LogP contribution is 2.33. The van der Waals surface area contributed by atoms with Crippen molar-refractivity contribution in [3.8, 4) is 11.1 Å². The van der Waals surface area contributed by atoms with Gasteiger partial charge in [0.1, 0.15) is 10.7 Å². The summed E-state index contributed by atoms with van der Waals surface area (Å²) in [5, 5.41) is 13.9. The Morgan fingerprint density at radius 2 is 1.97 bits per heavy atom. The summed E-state index contributed by atoms with van der Waals surface area (Å²) in [6, 6.07) is 14.4. The summed E-state index contributed by atoms with van der Waals surface area (Å²) in [5.74, 6) is -0.112. The summed E-state index contributed by atoms with van der Waals surface area (Å²) < 4.78 is 1.67. The Morgan fingerprint density at radius 1 is 1.17 bits per heavy atom. The normalized spacial score (nSPS) is 11.3. The van der Waals surface area contributed by atoms with E-state index in [-0.39, 0.29) is 12.0 Å². The Hall–Kier alpha value is -2.99. The molecule has 5 nitrogen and oxygen atoms in total. The Balaban J connectivity index is 1.85. The summed E-state index contributed by atoms with van der Waals surface area (Å²) >= 11 is 1.49. The molecule has 148 valence electrons. The zero-order valence-corrected chi connectivity index (χ0v) is 17.0. The lowest BCUT2D eigenvalue weighted by Crippen LogP contribution is -2.25. The summed E-state index contributed by atoms with van der Waals surface area (Å²) in [7, 11) is 0. The van der Waals surface area contributed by atoms with Crippen LogP contribution in [0.1, 0.15) is 32.0 Å². The van der Waals surface area contributed by atoms with E-state index in [9.17, 15) is 9.59 Å². The molecule has 0 aliphatic carbocycles. The van der Waals surface area contributed by atoms with Crippen LogP contribution in [0.4, 0.5) is 0 Å². The van der Waals surface area contributed by atoms with Crippen molar-refractivity contribution in [1.82, 2.24) is 9.55 Å². The number of aromatic nitrogens is 2. The van der Waals surface area contributed by atoms with Gasteiger partial charge in [-0.2, -0.15) is 0 Å². The number of hydrogen-bond acceptors (Lipinski definition) is 4. The largest absolute Gasteiger partial charge is 0.481 e. The van der Waals surface area contributed by atoms with Gasteiger partial charge < -0.3 is 5.11 Å². The SMILES string of the molecule is CCCc1nc2scc(-c3ccc4ccccc4c3)c2c(=O)n1CCCC(=O)O. The lowest BCUT2D eigenvalue weighted by Gasteiger charge is -2.12. The second kappa shape index (κ2) is 8.17. The van der Waals surface area contributed by atoms with Crippen molar-refractivity contribution in [2.75, 3.05) is 0 Å². The van der Waals surface area contributed by atoms with Gasteiger partial charge in [0.05, 0.1) is 5.39 Å². The maximum atomic E-state index is 13.4. The highest BCUT2D eigenvalue weighted by Gasteiger charge is 2.17. The monoisotopic (exact) mass is 406 g/mol. The van der Waals surface area contributed by atoms with Gasteiger partial charge in [0.25, 0.3) is 5.56 Å². The van der Waals surface area contributed by atoms with Crippen LogP contribution in [0.2, 0.25) is 0 Å². The van der Waals surface area contributed by atoms with Crippen molar-refractivity contribution >= 4 is 38.3 Å². The molecule has 0 aliphatic rings. The summed E-state index contributed by atoms with van der Waals surface area (Å²) in [6.07, 6.45) is 2.02. The molecule has 29 heavy (non-hydrogen) atoms. The first kappa shape index (κ1) is 19.3. The van der Waals surface area contributed by atoms with Crippen LogP contribution in [0.3, 0.4) is 0 Å². The lowest BCUT2D eigenvalue weighted by atomic mass is 10.0. The molecular formula is C23H22N2O3S. The van der Waals surface area contributed by atoms with Gasteiger partial charge >= 0.3 is 5.97 Å². The fourth-order valence-corrected chi connectivity index (χ4v) is 4.63. The van der Waals surface area contributed by atoms with E-state index in [0.29, 0.717) is 24.8 Å². The average Bonchev–Trinajstić information content (AvgIpc) is 3.14. The number of aryl methyl sites for hydroxylation is 1. The second-order valence-electron chi connectivity index (χ2n) is 7.12. The third-order valence-corrected chi connectivity index (χ3v) is 5.95. The van der Waals surface area contributed by atoms with Gasteiger partial charge in [0.2, 0.25) is 0 Å². The third-order valence-electron chi connectivity index (χ3n) is 5.08. The van der Waals surface area contributed by atoms with Crippen molar-refractivity contribution in [3.05, 3.63) is 64.0 Å². The number of nitrogens with zero attached hydrogens (tertiary/aromatic N) is 2. The fourth-order valence-electron chi connectivity index (χ4n) is 3.67. The highest BCUT2D eigenvalue weighted by molar-refractivity contribution is 7.17. The predicted octanol–water partition coefficient (Wildman–Crippen LogP) is 5.10. The first-order valence-corrected chi connectivity index (χ1v) is 10.7. The lowest BCUT2D eigenvalue weighted by molar-refractivity contribution is -0.137. The summed E-state index contributed by atoms with van der Waals surface area (Å²) in [6.45, 7) is 2.42. The minimum Gasteiger partial charge on any atom is -0.481 e. The van der Waals surface area contributed by atoms with Gasteiger partial charge in [-0.1, -0.05) is 43.3 Å². The molecule has 4 aromatic rings. The van der Waals surface area contributed by atoms with E-state index in [2.05, 4.69) is 24.3 Å². The molecule has 0 fully saturated rings. The van der Waals surface area contributed by atoms with Crippen LogP contribution in [-0.2, 0) is 17.8 Å². The predicted molar refractivity (Wildman–Crippen MR) is 118 cm³/mol. The number of hydrogen-bond donors (Lipinski definition) is 1. The standard InChI is InChI=1S/C23H22N2O3S/c1-2-6-19-24-22-21(23(28)25(19)12-5-9-20(26)27)18(14-29-22)17-11-10-15-7-3-4-8-16(15)13-17/h3-4,7-8,10-11,13-14H,2,5-6,9,12H2,1H3,(H,26,27). The van der Waals surface area contributed by atoms with E-state index < -0.39 is 5.97 Å². The molecule has 0 bridgehead atoms. The molecule has 6 heteroatoms. The Kier molecular flexibility index (Phi) is 5.45. The number of benzene rings is 2. The van der Waals surface area contributed by atoms with E-state index in [4.69, 9.17) is 10.1 Å². The molecule has 0 unspecified atom stereocenters. The average molecular weight is 407 g/mol. The van der Waals surface area contributed by atoms with Gasteiger partial charge in [-0.05, 0) is 35.2 Å². The number of carboxylic acids is 1. The third kappa shape index (κ3) is 3.80. The van der Waals surface area contributed by atoms with Gasteiger partial charge in [0.15, 0.2) is 0 Å². The Morgan fingerprint density at radius 3 is 2.72 bits per heavy atom. The molecule has 0 saturated heterocycles. The molecule has 2 heterocycles. The number of fused-ring (bicyclic) bond motifs is 2. The maximum absolute atomic E-state index is 13.4. The van der Waals surface area contributed by atoms with Gasteiger partial charge in [-0.3, -0.25) is 14.2 Å². The number of aliphatic carboxylic acids is 1. The quantitative estimate of drug-likeness (QED) is 0.464. The smallest absolute Gasteiger partial charge is 0.303 e. The summed E-state index contributed by atoms with van der Waals surface area (Å²) in [5.41, 5.74) is 1.81. The summed E-state index contributed by atoms with van der Waals surface area (Å²) in [4.78, 5) is 29.8. The van der Waals surface area contributed by atoms with Crippen LogP contribution in [0.15, 0.2) is 52.6 Å². The number of carboxylic acid groups (broad SMARTS) is 1. The van der Waals surface area contributed by atoms with Gasteiger partial charge in [-0.15, -0.1) is 11.3 Å². The molecule has 0 radical (unpaired) electrons. The molecule has 0 atom stereocenters. The topological polar surface area (TPSA) is 72.2 Å². The molecule has 0 saturated carbocycles. The minimum atomic E-state index is -0.850. The van der Waals surface area contributed by atoms with Crippen LogP contribution in [0, 0.1) is 0 Å². The molecular weight excluding hydrogens is 384 g/mol. The van der Waals surface area contributed by atoms with Crippen molar-refractivity contribution in [3.63, 3.8) is 0 Å². The van der Waals surface area contributed by atoms with Crippen LogP contribution in [0.25, 0.3) is 32.1 Å². The van der Waals surface area contributed by atoms with Gasteiger partial charge in [-0.25, -0.2) is 4.98 Å². The Labute approximate surface area is 172 Å². The Bertz CT molecular complexity index is 1260. The van der Waals surface area contributed by atoms with Crippen molar-refractivity contribution in [2.45, 2.75) is 39.2 Å². The molecule has 1 N–H and O–H groups in total. The van der Waals surface area contributed by atoms with Crippen molar-refractivity contribution < 1.29 is 9.90 Å². The van der Waals surface area contributed by atoms with Crippen LogP contribution in [0.5, 0.6) is 0 Å². The molecule has 0 aliphatic heterocycles. The minimum absolute atomic E-state index is 0.0389. The maximum Gasteiger partial charge on any atom is 0.303 e. The molecule has 4 rings (SSSR count). The van der Waals surface area contributed by atoms with Crippen molar-refractivity contribution in [1.29, 1.82) is 0 Å². The van der Waals surface area contributed by atoms with E-state index in [1.165, 1.54) is 11.3 Å². The first-order chi connectivity index (χ1) is 14.1. The van der Waals surface area contributed by atoms with Crippen LogP contribution >= 0.6 is 11.3 Å². The number of carbonyl (C=O) groups is 1. The first-order valence-electron chi connectivity index (χ1n) is 9.80. The van der Waals surface area contributed by atoms with Gasteiger partial charge in [0, 0.05) is 30.3 Å². The van der Waals surface area contributed by atoms with Crippen LogP contribution in [-0.4, -0.2) is 20.6 Å². The second-order valence-corrected chi connectivity index (χ2v) is 7.98. The van der Waals surface area contributed by atoms with E-state index in [0.717, 1.165) is 39.0 Å². The zero-order valence-electron chi connectivity index (χ0n) is 16.2. The highest BCUT2D eigenvalue weighted by atomic mass is 32.1. The molecule has 0 spiro atoms. The number of rotatable bonds is 7. The van der Waals surface area contributed by atoms with E-state index in [1.807, 2.05) is 30.5 Å². The van der Waals surface area contributed by atoms with Crippen molar-refractivity contribution in [2.24, 2.45) is 0 Å². The molecule has 2 aromatic carbocycles. The fraction of sp³-hybridized carbons (Fsp3) is 0.261. The van der Waals surface area contributed by atoms with E-state index >= 15 is 0 Å².